The fourth-order valence-electron chi connectivity index (χ4n) is 2.77. The molecule has 0 bridgehead atoms. The van der Waals surface area contributed by atoms with Gasteiger partial charge < -0.3 is 10.1 Å². The molecule has 0 aromatic rings. The zero-order valence-corrected chi connectivity index (χ0v) is 13.1. The molecule has 112 valence electrons. The van der Waals surface area contributed by atoms with Crippen LogP contribution in [-0.4, -0.2) is 24.2 Å². The van der Waals surface area contributed by atoms with E-state index in [0.717, 1.165) is 12.5 Å². The number of carbonyl (C=O) groups excluding carboxylic acids is 1. The molecule has 0 aromatic heterocycles. The van der Waals surface area contributed by atoms with Gasteiger partial charge in [-0.2, -0.15) is 0 Å². The molecule has 1 saturated carbocycles. The summed E-state index contributed by atoms with van der Waals surface area (Å²) in [6.07, 6.45) is 8.64. The van der Waals surface area contributed by atoms with Crippen LogP contribution in [0.25, 0.3) is 0 Å². The van der Waals surface area contributed by atoms with Crippen molar-refractivity contribution in [3.05, 3.63) is 0 Å². The zero-order chi connectivity index (χ0) is 14.3. The van der Waals surface area contributed by atoms with Gasteiger partial charge in [-0.25, -0.2) is 0 Å². The summed E-state index contributed by atoms with van der Waals surface area (Å²) in [6, 6.07) is 0.514. The molecule has 0 aliphatic heterocycles. The third-order valence-corrected chi connectivity index (χ3v) is 3.82. The molecule has 0 saturated heterocycles. The lowest BCUT2D eigenvalue weighted by Crippen LogP contribution is -2.35. The van der Waals surface area contributed by atoms with Gasteiger partial charge in [0.1, 0.15) is 5.60 Å². The van der Waals surface area contributed by atoms with Crippen LogP contribution in [0.15, 0.2) is 0 Å². The van der Waals surface area contributed by atoms with Crippen molar-refractivity contribution in [1.82, 2.24) is 5.32 Å². The Balaban J connectivity index is 2.19. The minimum atomic E-state index is -0.371. The molecular weight excluding hydrogens is 238 g/mol. The van der Waals surface area contributed by atoms with Gasteiger partial charge in [0.25, 0.3) is 0 Å². The van der Waals surface area contributed by atoms with Gasteiger partial charge in [0, 0.05) is 12.6 Å². The maximum absolute atomic E-state index is 11.6. The molecule has 0 spiro atoms. The first-order chi connectivity index (χ1) is 8.88. The van der Waals surface area contributed by atoms with E-state index in [-0.39, 0.29) is 11.6 Å². The maximum Gasteiger partial charge on any atom is 0.307 e. The summed E-state index contributed by atoms with van der Waals surface area (Å²) in [6.45, 7) is 8.71. The van der Waals surface area contributed by atoms with Crippen molar-refractivity contribution in [3.63, 3.8) is 0 Å². The van der Waals surface area contributed by atoms with Gasteiger partial charge in [-0.15, -0.1) is 0 Å². The molecule has 1 aliphatic rings. The van der Waals surface area contributed by atoms with Crippen LogP contribution in [-0.2, 0) is 9.53 Å². The summed E-state index contributed by atoms with van der Waals surface area (Å²) in [5.41, 5.74) is -0.371. The zero-order valence-electron chi connectivity index (χ0n) is 13.1. The number of esters is 1. The van der Waals surface area contributed by atoms with E-state index in [4.69, 9.17) is 4.74 Å². The first-order valence-corrected chi connectivity index (χ1v) is 7.84. The van der Waals surface area contributed by atoms with Crippen LogP contribution in [0.1, 0.15) is 72.6 Å². The Hall–Kier alpha value is -0.570. The Morgan fingerprint density at radius 2 is 1.79 bits per heavy atom. The van der Waals surface area contributed by atoms with Crippen LogP contribution in [0.3, 0.4) is 0 Å². The highest BCUT2D eigenvalue weighted by atomic mass is 16.6. The molecule has 1 rings (SSSR count). The number of nitrogens with one attached hydrogen (secondary N) is 1. The summed E-state index contributed by atoms with van der Waals surface area (Å²) >= 11 is 0. The highest BCUT2D eigenvalue weighted by molar-refractivity contribution is 5.70. The lowest BCUT2D eigenvalue weighted by Gasteiger charge is -2.24. The molecule has 1 aliphatic carbocycles. The summed E-state index contributed by atoms with van der Waals surface area (Å²) in [4.78, 5) is 11.6. The lowest BCUT2D eigenvalue weighted by molar-refractivity contribution is -0.154. The van der Waals surface area contributed by atoms with Crippen LogP contribution >= 0.6 is 0 Å². The van der Waals surface area contributed by atoms with E-state index in [1.165, 1.54) is 38.5 Å². The van der Waals surface area contributed by atoms with Gasteiger partial charge >= 0.3 is 5.97 Å². The Bertz CT molecular complexity index is 262. The number of hydrogen-bond acceptors (Lipinski definition) is 3. The molecule has 0 unspecified atom stereocenters. The normalized spacial score (nSPS) is 19.8. The topological polar surface area (TPSA) is 38.3 Å². The fourth-order valence-corrected chi connectivity index (χ4v) is 2.77. The maximum atomic E-state index is 11.6. The van der Waals surface area contributed by atoms with Crippen LogP contribution in [0.2, 0.25) is 0 Å². The minimum Gasteiger partial charge on any atom is -0.460 e. The van der Waals surface area contributed by atoms with Gasteiger partial charge in [0.15, 0.2) is 0 Å². The highest BCUT2D eigenvalue weighted by Gasteiger charge is 2.19. The van der Waals surface area contributed by atoms with Crippen molar-refractivity contribution < 1.29 is 9.53 Å². The Kier molecular flexibility index (Phi) is 6.84. The van der Waals surface area contributed by atoms with Gasteiger partial charge in [-0.1, -0.05) is 25.7 Å². The number of ether oxygens (including phenoxy) is 1. The molecule has 1 atom stereocenters. The van der Waals surface area contributed by atoms with Crippen LogP contribution < -0.4 is 5.32 Å². The predicted molar refractivity (Wildman–Crippen MR) is 79.1 cm³/mol. The van der Waals surface area contributed by atoms with E-state index >= 15 is 0 Å². The van der Waals surface area contributed by atoms with Crippen LogP contribution in [0.4, 0.5) is 0 Å². The third kappa shape index (κ3) is 7.56. The third-order valence-electron chi connectivity index (χ3n) is 3.82. The van der Waals surface area contributed by atoms with Gasteiger partial charge in [-0.3, -0.25) is 4.79 Å². The molecule has 0 amide bonds. The van der Waals surface area contributed by atoms with Crippen LogP contribution in [0, 0.1) is 5.92 Å². The number of carbonyl (C=O) groups is 1. The van der Waals surface area contributed by atoms with Crippen molar-refractivity contribution in [1.29, 1.82) is 0 Å². The highest BCUT2D eigenvalue weighted by Crippen LogP contribution is 2.25. The lowest BCUT2D eigenvalue weighted by atomic mass is 9.93. The second kappa shape index (κ2) is 7.88. The second-order valence-electron chi connectivity index (χ2n) is 6.83. The Labute approximate surface area is 118 Å². The Morgan fingerprint density at radius 1 is 1.21 bits per heavy atom. The van der Waals surface area contributed by atoms with Gasteiger partial charge in [0.05, 0.1) is 6.42 Å². The number of hydrogen-bond donors (Lipinski definition) is 1. The van der Waals surface area contributed by atoms with E-state index in [1.54, 1.807) is 0 Å². The first kappa shape index (κ1) is 16.5. The van der Waals surface area contributed by atoms with E-state index in [1.807, 2.05) is 20.8 Å². The standard InChI is InChI=1S/C16H31NO2/c1-13(14-9-7-5-6-8-10-14)17-12-11-15(18)19-16(2,3)4/h13-14,17H,5-12H2,1-4H3/t13-/m0/s1. The van der Waals surface area contributed by atoms with E-state index in [9.17, 15) is 4.79 Å². The minimum absolute atomic E-state index is 0.104. The van der Waals surface area contributed by atoms with Gasteiger partial charge in [-0.05, 0) is 46.5 Å². The summed E-state index contributed by atoms with van der Waals surface area (Å²) in [7, 11) is 0. The van der Waals surface area contributed by atoms with E-state index in [0.29, 0.717) is 12.5 Å². The molecule has 3 heteroatoms. The second-order valence-corrected chi connectivity index (χ2v) is 6.83. The van der Waals surface area contributed by atoms with Crippen molar-refractivity contribution in [2.75, 3.05) is 6.54 Å². The smallest absolute Gasteiger partial charge is 0.307 e. The van der Waals surface area contributed by atoms with Crippen molar-refractivity contribution in [2.45, 2.75) is 84.3 Å². The fraction of sp³-hybridized carbons (Fsp3) is 0.938. The average Bonchev–Trinajstić information content (AvgIpc) is 2.54. The quantitative estimate of drug-likeness (QED) is 0.611. The Morgan fingerprint density at radius 3 is 2.32 bits per heavy atom. The molecule has 1 N–H and O–H groups in total. The molecule has 0 radical (unpaired) electrons. The molecular formula is C16H31NO2. The molecule has 3 nitrogen and oxygen atoms in total. The molecule has 0 aromatic carbocycles. The van der Waals surface area contributed by atoms with Crippen LogP contribution in [0.5, 0.6) is 0 Å². The van der Waals surface area contributed by atoms with Crippen molar-refractivity contribution in [2.24, 2.45) is 5.92 Å². The van der Waals surface area contributed by atoms with Crippen molar-refractivity contribution in [3.8, 4) is 0 Å². The molecule has 0 heterocycles. The van der Waals surface area contributed by atoms with Gasteiger partial charge in [0.2, 0.25) is 0 Å². The number of rotatable bonds is 5. The predicted octanol–water partition coefficient (Wildman–Crippen LogP) is 3.67. The summed E-state index contributed by atoms with van der Waals surface area (Å²) in [5.74, 6) is 0.675. The average molecular weight is 269 g/mol. The monoisotopic (exact) mass is 269 g/mol. The first-order valence-electron chi connectivity index (χ1n) is 7.84. The SMILES string of the molecule is C[C@H](NCCC(=O)OC(C)(C)C)C1CCCCCC1. The summed E-state index contributed by atoms with van der Waals surface area (Å²) in [5, 5.41) is 3.50. The molecule has 19 heavy (non-hydrogen) atoms. The largest absolute Gasteiger partial charge is 0.460 e. The molecule has 1 fully saturated rings. The summed E-state index contributed by atoms with van der Waals surface area (Å²) < 4.78 is 5.31. The van der Waals surface area contributed by atoms with Crippen molar-refractivity contribution >= 4 is 5.97 Å². The van der Waals surface area contributed by atoms with E-state index < -0.39 is 0 Å². The van der Waals surface area contributed by atoms with E-state index in [2.05, 4.69) is 12.2 Å².